The first kappa shape index (κ1) is 64.3. The summed E-state index contributed by atoms with van der Waals surface area (Å²) >= 11 is 0. The van der Waals surface area contributed by atoms with Crippen LogP contribution in [0.2, 0.25) is 0 Å². The molecule has 18 aromatic carbocycles. The summed E-state index contributed by atoms with van der Waals surface area (Å²) in [4.78, 5) is 4.99. The van der Waals surface area contributed by atoms with Crippen molar-refractivity contribution >= 4 is 189 Å². The first-order valence-electron chi connectivity index (χ1n) is 46.3. The molecule has 0 unspecified atom stereocenters. The van der Waals surface area contributed by atoms with Crippen LogP contribution in [0.15, 0.2) is 388 Å². The van der Waals surface area contributed by atoms with Crippen LogP contribution in [0.5, 0.6) is 0 Å². The molecule has 9 heteroatoms. The van der Waals surface area contributed by atoms with E-state index in [1.54, 1.807) is 4.57 Å². The zero-order valence-corrected chi connectivity index (χ0v) is 69.2. The molecule has 8 heterocycles. The van der Waals surface area contributed by atoms with Crippen LogP contribution in [0, 0.1) is 0 Å². The van der Waals surface area contributed by atoms with Gasteiger partial charge in [-0.2, -0.15) is 0 Å². The zero-order valence-electron chi connectivity index (χ0n) is 76.2. The van der Waals surface area contributed by atoms with E-state index in [1.807, 2.05) is 84.9 Å². The Morgan fingerprint density at radius 3 is 1.28 bits per heavy atom. The highest BCUT2D eigenvalue weighted by Crippen LogP contribution is 2.58. The Morgan fingerprint density at radius 1 is 0.272 bits per heavy atom. The van der Waals surface area contributed by atoms with E-state index in [0.717, 1.165) is 183 Å². The third-order valence-corrected chi connectivity index (χ3v) is 26.4. The second kappa shape index (κ2) is 26.5. The third-order valence-electron chi connectivity index (χ3n) is 26.4. The molecule has 0 atom stereocenters. The molecule has 2 aliphatic heterocycles. The molecule has 0 aliphatic carbocycles. The normalized spacial score (nSPS) is 13.8. The van der Waals surface area contributed by atoms with Gasteiger partial charge < -0.3 is 36.6 Å². The van der Waals surface area contributed by atoms with Gasteiger partial charge in [0.2, 0.25) is 0 Å². The smallest absolute Gasteiger partial charge is 0.252 e. The SMILES string of the molecule is [2H]c1c([2H])c([2H])c2c(c1[2H])c1c([2H])c([2H])c(-c3ccccc3)c([2H])c1n2-c1ccc2c(c1)N(c1c(-c3cccc4c3oc3ccccc34)ccc3oc4ccccc4c13)c1cc(-c3cc(C(C)(C)C)cc(C(C)(C)C)c3)cc3c1B2c1ccc(-c2ccc(-n4c5ccccc5c5ccccc54)cc2)cc1N3c1c(-c2cccc3c2oc2ccccc23)ccc2oc3ccccc3c12. The van der Waals surface area contributed by atoms with Gasteiger partial charge in [0.15, 0.2) is 0 Å². The Labute approximate surface area is 730 Å². The molecule has 0 bridgehead atoms. The summed E-state index contributed by atoms with van der Waals surface area (Å²) in [6, 6.07) is 113. The lowest BCUT2D eigenvalue weighted by Crippen LogP contribution is -2.61. The highest BCUT2D eigenvalue weighted by atomic mass is 16.3. The van der Waals surface area contributed by atoms with Crippen LogP contribution < -0.4 is 26.2 Å². The van der Waals surface area contributed by atoms with Gasteiger partial charge in [-0.1, -0.05) is 296 Å². The van der Waals surface area contributed by atoms with E-state index in [2.05, 4.69) is 299 Å². The Bertz CT molecular complexity index is 9110. The summed E-state index contributed by atoms with van der Waals surface area (Å²) in [7, 11) is 0. The maximum atomic E-state index is 10.7. The number of hydrogen-bond acceptors (Lipinski definition) is 6. The van der Waals surface area contributed by atoms with E-state index < -0.39 is 18.8 Å². The molecule has 24 aromatic rings. The zero-order chi connectivity index (χ0) is 89.1. The number of aromatic nitrogens is 2. The van der Waals surface area contributed by atoms with E-state index in [0.29, 0.717) is 39.3 Å². The molecule has 0 saturated heterocycles. The molecule has 0 fully saturated rings. The summed E-state index contributed by atoms with van der Waals surface area (Å²) in [5.41, 5.74) is 26.8. The lowest BCUT2D eigenvalue weighted by molar-refractivity contribution is 0.569. The monoisotopic (exact) mass is 1610 g/mol. The lowest BCUT2D eigenvalue weighted by atomic mass is 9.33. The maximum Gasteiger partial charge on any atom is 0.252 e. The van der Waals surface area contributed by atoms with Gasteiger partial charge in [0.1, 0.15) is 44.7 Å². The maximum absolute atomic E-state index is 10.7. The number of anilines is 6. The second-order valence-electron chi connectivity index (χ2n) is 35.6. The lowest BCUT2D eigenvalue weighted by Gasteiger charge is -2.45. The summed E-state index contributed by atoms with van der Waals surface area (Å²) in [6.45, 7) is 13.1. The molecule has 0 spiro atoms. The van der Waals surface area contributed by atoms with Crippen molar-refractivity contribution in [3.05, 3.63) is 381 Å². The Morgan fingerprint density at radius 2 is 0.712 bits per heavy atom. The van der Waals surface area contributed by atoms with Crippen LogP contribution in [-0.4, -0.2) is 15.8 Å². The van der Waals surface area contributed by atoms with Gasteiger partial charge in [-0.25, -0.2) is 0 Å². The minimum Gasteiger partial charge on any atom is -0.456 e. The largest absolute Gasteiger partial charge is 0.456 e. The highest BCUT2D eigenvalue weighted by molar-refractivity contribution is 7.00. The van der Waals surface area contributed by atoms with Crippen molar-refractivity contribution in [2.24, 2.45) is 0 Å². The van der Waals surface area contributed by atoms with E-state index in [1.165, 1.54) is 10.8 Å². The van der Waals surface area contributed by atoms with Crippen molar-refractivity contribution in [2.45, 2.75) is 52.4 Å². The van der Waals surface area contributed by atoms with Crippen LogP contribution in [0.25, 0.3) is 198 Å². The molecule has 26 rings (SSSR count). The average molecular weight is 1610 g/mol. The van der Waals surface area contributed by atoms with Crippen molar-refractivity contribution in [1.82, 2.24) is 9.13 Å². The molecule has 125 heavy (non-hydrogen) atoms. The number of fused-ring (bicyclic) bond motifs is 22. The van der Waals surface area contributed by atoms with Crippen LogP contribution >= 0.6 is 0 Å². The van der Waals surface area contributed by atoms with Crippen molar-refractivity contribution in [3.63, 3.8) is 0 Å². The van der Waals surface area contributed by atoms with Gasteiger partial charge in [-0.3, -0.25) is 0 Å². The predicted octanol–water partition coefficient (Wildman–Crippen LogP) is 30.5. The standard InChI is InChI=1S/C116H79BN4O4/c1-115(2,3)74-60-72(61-75(66-74)116(4,5)6)73-64-100-110-101(65-73)121(112-85(55-59-107-109(112)91-34-16-23-45-105(91)123-107)89-38-25-36-87-83-32-14-21-43-103(83)125-114(87)89)99-67-77(119-96-41-19-12-30-80(96)81-53-48-70(62-97(81)119)68-26-8-7-9-27-68)52-57-93(99)117(110)92-56-49-71(69-46-50-76(51-47-69)118-94-39-17-10-28-78(94)79-29-11-18-40-95(79)118)63-98(92)120(100)111-84(54-58-106-108(111)90-33-15-22-44-104(90)122-106)88-37-24-35-86-82-31-13-20-42-102(82)124-113(86)88/h7-67H,1-6H3/i12D,19D,30D,41D,48D,53D,62D. The number of hydrogen-bond donors (Lipinski definition) is 0. The Kier molecular flexibility index (Phi) is 13.6. The number of benzene rings is 18. The first-order chi connectivity index (χ1) is 64.2. The van der Waals surface area contributed by atoms with Crippen LogP contribution in [0.1, 0.15) is 62.3 Å². The molecular formula is C116H79BN4O4. The molecule has 0 amide bonds. The van der Waals surface area contributed by atoms with Gasteiger partial charge >= 0.3 is 0 Å². The molecule has 2 aliphatic rings. The van der Waals surface area contributed by atoms with Crippen molar-refractivity contribution in [3.8, 4) is 67.0 Å². The fourth-order valence-corrected chi connectivity index (χ4v) is 20.5. The number of rotatable bonds is 9. The minimum atomic E-state index is -0.629. The minimum absolute atomic E-state index is 0.0367. The second-order valence-corrected chi connectivity index (χ2v) is 35.6. The quantitative estimate of drug-likeness (QED) is 0.134. The summed E-state index contributed by atoms with van der Waals surface area (Å²) < 4.78 is 103. The average Bonchev–Trinajstić information content (AvgIpc) is 0.989. The van der Waals surface area contributed by atoms with E-state index in [4.69, 9.17) is 17.7 Å². The van der Waals surface area contributed by atoms with Crippen molar-refractivity contribution < 1.29 is 27.3 Å². The Balaban J connectivity index is 0.853. The van der Waals surface area contributed by atoms with E-state index in [9.17, 15) is 9.60 Å². The highest BCUT2D eigenvalue weighted by Gasteiger charge is 2.47. The fourth-order valence-electron chi connectivity index (χ4n) is 20.5. The number of furan rings is 4. The third kappa shape index (κ3) is 10.6. The number of para-hydroxylation sites is 9. The van der Waals surface area contributed by atoms with E-state index in [-0.39, 0.29) is 68.4 Å². The van der Waals surface area contributed by atoms with E-state index >= 15 is 0 Å². The van der Waals surface area contributed by atoms with Crippen LogP contribution in [-0.2, 0) is 10.8 Å². The topological polar surface area (TPSA) is 68.9 Å². The summed E-state index contributed by atoms with van der Waals surface area (Å²) in [6.07, 6.45) is 0. The summed E-state index contributed by atoms with van der Waals surface area (Å²) in [5, 5.41) is 9.80. The van der Waals surface area contributed by atoms with Crippen LogP contribution in [0.3, 0.4) is 0 Å². The molecule has 6 aromatic heterocycles. The van der Waals surface area contributed by atoms with Crippen LogP contribution in [0.4, 0.5) is 34.1 Å². The van der Waals surface area contributed by atoms with Crippen molar-refractivity contribution in [2.75, 3.05) is 9.80 Å². The fraction of sp³-hybridized carbons (Fsp3) is 0.0690. The van der Waals surface area contributed by atoms with Gasteiger partial charge in [0, 0.05) is 110 Å². The van der Waals surface area contributed by atoms with Gasteiger partial charge in [-0.15, -0.1) is 0 Å². The Hall–Kier alpha value is -15.6. The molecule has 8 nitrogen and oxygen atoms in total. The molecule has 0 radical (unpaired) electrons. The molecule has 0 N–H and O–H groups in total. The van der Waals surface area contributed by atoms with Gasteiger partial charge in [0.25, 0.3) is 6.71 Å². The van der Waals surface area contributed by atoms with Crippen molar-refractivity contribution in [1.29, 1.82) is 0 Å². The van der Waals surface area contributed by atoms with Gasteiger partial charge in [-0.05, 0) is 187 Å². The predicted molar refractivity (Wildman–Crippen MR) is 523 cm³/mol. The molecule has 0 saturated carbocycles. The number of nitrogens with zero attached hydrogens (tertiary/aromatic N) is 4. The first-order valence-corrected chi connectivity index (χ1v) is 42.8. The van der Waals surface area contributed by atoms with Gasteiger partial charge in [0.05, 0.1) is 53.8 Å². The molecular weight excluding hydrogens is 1520 g/mol. The summed E-state index contributed by atoms with van der Waals surface area (Å²) in [5.74, 6) is 0. The molecule has 590 valence electrons.